The average Bonchev–Trinajstić information content (AvgIpc) is 3.43. The van der Waals surface area contributed by atoms with Gasteiger partial charge in [0.1, 0.15) is 0 Å². The number of nitrogens with zero attached hydrogens (tertiary/aromatic N) is 4. The van der Waals surface area contributed by atoms with Crippen LogP contribution in [0.3, 0.4) is 0 Å². The van der Waals surface area contributed by atoms with Crippen molar-refractivity contribution in [2.75, 3.05) is 26.3 Å². The largest absolute Gasteiger partial charge is 0.378 e. The van der Waals surface area contributed by atoms with Crippen LogP contribution in [0.2, 0.25) is 0 Å². The molecule has 5 rings (SSSR count). The fourth-order valence-electron chi connectivity index (χ4n) is 4.03. The molecular weight excluding hydrogens is 422 g/mol. The predicted octanol–water partition coefficient (Wildman–Crippen LogP) is 4.06. The number of hydrogen-bond acceptors (Lipinski definition) is 5. The second kappa shape index (κ2) is 8.80. The van der Waals surface area contributed by atoms with Crippen molar-refractivity contribution >= 4 is 28.6 Å². The van der Waals surface area contributed by atoms with E-state index in [0.29, 0.717) is 31.5 Å². The van der Waals surface area contributed by atoms with E-state index in [-0.39, 0.29) is 11.2 Å². The first-order valence-electron chi connectivity index (χ1n) is 10.7. The smallest absolute Gasteiger partial charge is 0.236 e. The number of benzene rings is 2. The van der Waals surface area contributed by atoms with Crippen LogP contribution in [0.15, 0.2) is 59.9 Å². The molecule has 1 N–H and O–H groups in total. The van der Waals surface area contributed by atoms with E-state index in [1.807, 2.05) is 48.4 Å². The monoisotopic (exact) mass is 447 g/mol. The number of hydrogen-bond donors (Lipinski definition) is 1. The van der Waals surface area contributed by atoms with E-state index in [2.05, 4.69) is 44.9 Å². The van der Waals surface area contributed by atoms with Crippen molar-refractivity contribution in [3.63, 3.8) is 0 Å². The third-order valence-electron chi connectivity index (χ3n) is 5.68. The molecule has 1 unspecified atom stereocenters. The molecule has 7 nitrogen and oxygen atoms in total. The number of H-pyrrole nitrogens is 1. The Morgan fingerprint density at radius 3 is 2.75 bits per heavy atom. The molecule has 0 aliphatic carbocycles. The van der Waals surface area contributed by atoms with Crippen molar-refractivity contribution in [2.45, 2.75) is 24.3 Å². The minimum atomic E-state index is -0.281. The Hall–Kier alpha value is -3.10. The zero-order valence-corrected chi connectivity index (χ0v) is 18.9. The number of aryl methyl sites for hydroxylation is 1. The van der Waals surface area contributed by atoms with Crippen molar-refractivity contribution in [3.05, 3.63) is 60.3 Å². The molecule has 1 aliphatic rings. The molecule has 1 amide bonds. The summed E-state index contributed by atoms with van der Waals surface area (Å²) in [5.74, 6) is 0.854. The molecule has 8 heteroatoms. The fourth-order valence-corrected chi connectivity index (χ4v) is 4.98. The summed E-state index contributed by atoms with van der Waals surface area (Å²) < 4.78 is 7.44. The van der Waals surface area contributed by atoms with Gasteiger partial charge in [0.15, 0.2) is 11.0 Å². The first-order chi connectivity index (χ1) is 15.6. The van der Waals surface area contributed by atoms with Gasteiger partial charge in [-0.25, -0.2) is 0 Å². The molecular formula is C24H25N5O2S. The van der Waals surface area contributed by atoms with Crippen LogP contribution < -0.4 is 0 Å². The quantitative estimate of drug-likeness (QED) is 0.467. The number of carbonyl (C=O) groups is 1. The van der Waals surface area contributed by atoms with Crippen molar-refractivity contribution in [1.82, 2.24) is 24.6 Å². The van der Waals surface area contributed by atoms with Crippen LogP contribution in [0.25, 0.3) is 28.0 Å². The van der Waals surface area contributed by atoms with E-state index >= 15 is 0 Å². The fraction of sp³-hybridized carbons (Fsp3) is 0.292. The summed E-state index contributed by atoms with van der Waals surface area (Å²) >= 11 is 1.44. The van der Waals surface area contributed by atoms with Crippen LogP contribution >= 0.6 is 11.8 Å². The number of aromatic nitrogens is 4. The van der Waals surface area contributed by atoms with Gasteiger partial charge in [-0.3, -0.25) is 9.36 Å². The van der Waals surface area contributed by atoms with Gasteiger partial charge in [0.2, 0.25) is 5.91 Å². The van der Waals surface area contributed by atoms with Gasteiger partial charge in [0, 0.05) is 41.4 Å². The molecule has 0 saturated carbocycles. The topological polar surface area (TPSA) is 76.0 Å². The van der Waals surface area contributed by atoms with E-state index in [1.165, 1.54) is 11.8 Å². The molecule has 1 saturated heterocycles. The number of para-hydroxylation sites is 1. The third-order valence-corrected chi connectivity index (χ3v) is 6.71. The van der Waals surface area contributed by atoms with E-state index < -0.39 is 0 Å². The molecule has 1 atom stereocenters. The van der Waals surface area contributed by atoms with Crippen LogP contribution in [0, 0.1) is 6.92 Å². The lowest BCUT2D eigenvalue weighted by atomic mass is 10.1. The van der Waals surface area contributed by atoms with E-state index in [0.717, 1.165) is 33.5 Å². The Morgan fingerprint density at radius 2 is 1.94 bits per heavy atom. The van der Waals surface area contributed by atoms with Gasteiger partial charge in [0.05, 0.1) is 18.5 Å². The third kappa shape index (κ3) is 3.91. The standard InChI is InChI=1S/C24H25N5O2S/c1-16-6-5-7-18(14-16)29-22(20-15-25-21-9-4-3-8-19(20)21)26-27-24(29)32-17(2)23(30)28-10-12-31-13-11-28/h3-9,14-15,17,25H,10-13H2,1-2H3. The second-order valence-electron chi connectivity index (χ2n) is 7.93. The highest BCUT2D eigenvalue weighted by molar-refractivity contribution is 8.00. The summed E-state index contributed by atoms with van der Waals surface area (Å²) in [6.45, 7) is 6.45. The number of morpholine rings is 1. The molecule has 164 valence electrons. The predicted molar refractivity (Wildman–Crippen MR) is 126 cm³/mol. The molecule has 0 radical (unpaired) electrons. The lowest BCUT2D eigenvalue weighted by Crippen LogP contribution is -2.44. The average molecular weight is 448 g/mol. The van der Waals surface area contributed by atoms with Crippen LogP contribution in [0.1, 0.15) is 12.5 Å². The molecule has 0 bridgehead atoms. The molecule has 32 heavy (non-hydrogen) atoms. The van der Waals surface area contributed by atoms with Gasteiger partial charge in [-0.15, -0.1) is 10.2 Å². The number of thioether (sulfide) groups is 1. The van der Waals surface area contributed by atoms with Crippen LogP contribution in [0.4, 0.5) is 0 Å². The van der Waals surface area contributed by atoms with Crippen LogP contribution in [-0.4, -0.2) is 62.1 Å². The highest BCUT2D eigenvalue weighted by atomic mass is 32.2. The summed E-state index contributed by atoms with van der Waals surface area (Å²) in [7, 11) is 0. The molecule has 0 spiro atoms. The van der Waals surface area contributed by atoms with Gasteiger partial charge >= 0.3 is 0 Å². The van der Waals surface area contributed by atoms with Crippen molar-refractivity contribution in [3.8, 4) is 17.1 Å². The summed E-state index contributed by atoms with van der Waals surface area (Å²) in [6, 6.07) is 16.4. The lowest BCUT2D eigenvalue weighted by molar-refractivity contribution is -0.134. The number of nitrogens with one attached hydrogen (secondary N) is 1. The minimum Gasteiger partial charge on any atom is -0.378 e. The van der Waals surface area contributed by atoms with Gasteiger partial charge in [-0.05, 0) is 37.6 Å². The van der Waals surface area contributed by atoms with Gasteiger partial charge in [-0.1, -0.05) is 42.1 Å². The first kappa shape index (κ1) is 20.8. The number of carbonyl (C=O) groups excluding carboxylic acids is 1. The maximum absolute atomic E-state index is 13.0. The molecule has 1 fully saturated rings. The summed E-state index contributed by atoms with van der Waals surface area (Å²) in [4.78, 5) is 18.2. The molecule has 4 aromatic rings. The van der Waals surface area contributed by atoms with Crippen molar-refractivity contribution < 1.29 is 9.53 Å². The minimum absolute atomic E-state index is 0.103. The summed E-state index contributed by atoms with van der Waals surface area (Å²) in [5, 5.41) is 10.6. The molecule has 2 aromatic carbocycles. The molecule has 2 aromatic heterocycles. The van der Waals surface area contributed by atoms with Gasteiger partial charge in [-0.2, -0.15) is 0 Å². The Labute approximate surface area is 190 Å². The number of aromatic amines is 1. The van der Waals surface area contributed by atoms with Crippen molar-refractivity contribution in [2.24, 2.45) is 0 Å². The number of amides is 1. The van der Waals surface area contributed by atoms with Crippen LogP contribution in [0.5, 0.6) is 0 Å². The van der Waals surface area contributed by atoms with E-state index in [9.17, 15) is 4.79 Å². The molecule has 3 heterocycles. The van der Waals surface area contributed by atoms with E-state index in [4.69, 9.17) is 4.74 Å². The van der Waals surface area contributed by atoms with Gasteiger partial charge < -0.3 is 14.6 Å². The first-order valence-corrected chi connectivity index (χ1v) is 11.6. The highest BCUT2D eigenvalue weighted by Crippen LogP contribution is 2.34. The zero-order chi connectivity index (χ0) is 22.1. The van der Waals surface area contributed by atoms with Crippen molar-refractivity contribution in [1.29, 1.82) is 0 Å². The second-order valence-corrected chi connectivity index (χ2v) is 9.23. The van der Waals surface area contributed by atoms with E-state index in [1.54, 1.807) is 0 Å². The Balaban J connectivity index is 1.55. The number of ether oxygens (including phenoxy) is 1. The zero-order valence-electron chi connectivity index (χ0n) is 18.1. The number of rotatable bonds is 5. The Kier molecular flexibility index (Phi) is 5.71. The highest BCUT2D eigenvalue weighted by Gasteiger charge is 2.27. The molecule has 1 aliphatic heterocycles. The van der Waals surface area contributed by atoms with Crippen LogP contribution in [-0.2, 0) is 9.53 Å². The maximum Gasteiger partial charge on any atom is 0.236 e. The SMILES string of the molecule is Cc1cccc(-n2c(SC(C)C(=O)N3CCOCC3)nnc2-c2c[nH]c3ccccc23)c1. The Morgan fingerprint density at radius 1 is 1.12 bits per heavy atom. The normalized spacial score (nSPS) is 15.2. The maximum atomic E-state index is 13.0. The summed E-state index contributed by atoms with van der Waals surface area (Å²) in [6.07, 6.45) is 1.97. The summed E-state index contributed by atoms with van der Waals surface area (Å²) in [5.41, 5.74) is 4.15. The van der Waals surface area contributed by atoms with Gasteiger partial charge in [0.25, 0.3) is 0 Å². The Bertz CT molecular complexity index is 1260. The number of fused-ring (bicyclic) bond motifs is 1. The lowest BCUT2D eigenvalue weighted by Gasteiger charge is -2.28.